The number of nitrogens with zero attached hydrogens (tertiary/aromatic N) is 2. The number of benzene rings is 1. The molecular weight excluding hydrogens is 840 g/mol. The minimum Gasteiger partial charge on any atom is -0.465 e. The highest BCUT2D eigenvalue weighted by atomic mass is 16.7. The first-order chi connectivity index (χ1) is 30.2. The normalized spacial score (nSPS) is 35.3. The minimum absolute atomic E-state index is 0.0287. The third-order valence-corrected chi connectivity index (χ3v) is 12.9. The zero-order chi connectivity index (χ0) is 46.5. The molecule has 4 aliphatic rings. The van der Waals surface area contributed by atoms with E-state index in [1.165, 1.54) is 62.6 Å². The Balaban J connectivity index is 1.61. The van der Waals surface area contributed by atoms with Crippen LogP contribution >= 0.6 is 0 Å². The van der Waals surface area contributed by atoms with Gasteiger partial charge in [-0.25, -0.2) is 14.4 Å². The van der Waals surface area contributed by atoms with Crippen molar-refractivity contribution in [2.75, 3.05) is 13.2 Å². The van der Waals surface area contributed by atoms with Crippen molar-refractivity contribution < 1.29 is 81.7 Å². The van der Waals surface area contributed by atoms with Crippen molar-refractivity contribution in [2.24, 2.45) is 17.3 Å². The van der Waals surface area contributed by atoms with E-state index in [0.717, 1.165) is 33.9 Å². The van der Waals surface area contributed by atoms with Gasteiger partial charge in [0.2, 0.25) is 0 Å². The van der Waals surface area contributed by atoms with E-state index >= 15 is 0 Å². The number of rotatable bonds is 8. The van der Waals surface area contributed by atoms with Crippen LogP contribution in [0.3, 0.4) is 0 Å². The molecule has 1 spiro atoms. The highest BCUT2D eigenvalue weighted by Gasteiger charge is 2.91. The molecule has 13 atom stereocenters. The summed E-state index contributed by atoms with van der Waals surface area (Å²) in [5, 5.41) is 26.4. The van der Waals surface area contributed by atoms with Crippen molar-refractivity contribution in [3.8, 4) is 0 Å². The molecule has 340 valence electrons. The second-order valence-electron chi connectivity index (χ2n) is 16.9. The Morgan fingerprint density at radius 1 is 0.781 bits per heavy atom. The maximum absolute atomic E-state index is 14.5. The molecule has 0 unspecified atom stereocenters. The van der Waals surface area contributed by atoms with Gasteiger partial charge in [-0.15, -0.1) is 0 Å². The lowest BCUT2D eigenvalue weighted by atomic mass is 9.45. The molecule has 19 nitrogen and oxygen atoms in total. The number of carbonyl (C=O) groups is 7. The van der Waals surface area contributed by atoms with Crippen LogP contribution in [0.5, 0.6) is 0 Å². The lowest BCUT2D eigenvalue weighted by Gasteiger charge is -2.67. The fourth-order valence-electron chi connectivity index (χ4n) is 10.0. The number of fused-ring (bicyclic) bond motifs is 5. The Morgan fingerprint density at radius 2 is 1.42 bits per heavy atom. The van der Waals surface area contributed by atoms with E-state index in [0.29, 0.717) is 0 Å². The Hall–Kier alpha value is -6.31. The van der Waals surface area contributed by atoms with Gasteiger partial charge in [-0.1, -0.05) is 32.0 Å². The van der Waals surface area contributed by atoms with Gasteiger partial charge < -0.3 is 48.1 Å². The molecule has 4 heterocycles. The lowest BCUT2D eigenvalue weighted by Crippen LogP contribution is -2.89. The van der Waals surface area contributed by atoms with Crippen LogP contribution in [0, 0.1) is 17.3 Å². The summed E-state index contributed by atoms with van der Waals surface area (Å²) in [6, 6.07) is 13.2. The van der Waals surface area contributed by atoms with Crippen molar-refractivity contribution in [2.45, 2.75) is 108 Å². The van der Waals surface area contributed by atoms with Crippen LogP contribution in [0.2, 0.25) is 0 Å². The molecule has 64 heavy (non-hydrogen) atoms. The van der Waals surface area contributed by atoms with E-state index in [1.54, 1.807) is 25.1 Å². The van der Waals surface area contributed by atoms with Gasteiger partial charge in [0.1, 0.15) is 54.2 Å². The molecule has 2 saturated carbocycles. The number of hydrogen-bond acceptors (Lipinski definition) is 19. The SMILES string of the molecule is CC(=O)OC[C@]12[C@H](OC(C)=O)[C@H](OC(C)=O)[C@@H]3[C@@H](OC(=O)c4ccccc4)[C@@]14O[C@@]3(C)COC(=O)c1cccnc1[C@H](C)[C@H](C)C(=O)O[C@@H]([C@H](O)[C@@H]2OC(=O)c1cccnc1)[C@]4(C)O. The number of ether oxygens (including phenoxy) is 8. The number of aliphatic hydroxyl groups is 2. The molecule has 4 bridgehead atoms. The molecule has 1 aromatic carbocycles. The van der Waals surface area contributed by atoms with E-state index in [9.17, 15) is 43.8 Å². The number of aliphatic hydroxyl groups excluding tert-OH is 1. The predicted octanol–water partition coefficient (Wildman–Crippen LogP) is 2.45. The number of cyclic esters (lactones) is 1. The fourth-order valence-corrected chi connectivity index (χ4v) is 10.0. The molecule has 2 N–H and O–H groups in total. The highest BCUT2D eigenvalue weighted by molar-refractivity contribution is 5.92. The topological polar surface area (TPSA) is 260 Å². The van der Waals surface area contributed by atoms with E-state index in [4.69, 9.17) is 37.9 Å². The summed E-state index contributed by atoms with van der Waals surface area (Å²) >= 11 is 0. The summed E-state index contributed by atoms with van der Waals surface area (Å²) in [6.45, 7) is 6.68. The fraction of sp³-hybridized carbons (Fsp3) is 0.489. The second kappa shape index (κ2) is 17.0. The van der Waals surface area contributed by atoms with Gasteiger partial charge in [0.15, 0.2) is 17.8 Å². The smallest absolute Gasteiger partial charge is 0.340 e. The Kier molecular flexibility index (Phi) is 12.1. The second-order valence-corrected chi connectivity index (χ2v) is 16.9. The van der Waals surface area contributed by atoms with Gasteiger partial charge in [0.05, 0.1) is 34.2 Å². The summed E-state index contributed by atoms with van der Waals surface area (Å²) in [5.41, 5.74) is -10.6. The van der Waals surface area contributed by atoms with Crippen LogP contribution in [0.15, 0.2) is 73.2 Å². The number of esters is 7. The average Bonchev–Trinajstić information content (AvgIpc) is 3.49. The molecule has 7 rings (SSSR count). The van der Waals surface area contributed by atoms with Crippen molar-refractivity contribution in [3.63, 3.8) is 0 Å². The molecule has 3 fully saturated rings. The minimum atomic E-state index is -2.89. The first kappa shape index (κ1) is 45.7. The molecule has 2 aromatic heterocycles. The molecule has 19 heteroatoms. The molecule has 1 saturated heterocycles. The van der Waals surface area contributed by atoms with E-state index < -0.39 is 132 Å². The molecule has 0 radical (unpaired) electrons. The lowest BCUT2D eigenvalue weighted by molar-refractivity contribution is -0.384. The van der Waals surface area contributed by atoms with Crippen molar-refractivity contribution >= 4 is 41.8 Å². The molecule has 2 aliphatic carbocycles. The van der Waals surface area contributed by atoms with Crippen molar-refractivity contribution in [3.05, 3.63) is 95.6 Å². The average molecular weight is 889 g/mol. The monoisotopic (exact) mass is 888 g/mol. The maximum atomic E-state index is 14.5. The van der Waals surface area contributed by atoms with Crippen molar-refractivity contribution in [1.82, 2.24) is 9.97 Å². The van der Waals surface area contributed by atoms with Gasteiger partial charge in [-0.3, -0.25) is 29.1 Å². The third-order valence-electron chi connectivity index (χ3n) is 12.9. The Labute approximate surface area is 366 Å². The molecular formula is C45H48N2O17. The van der Waals surface area contributed by atoms with Gasteiger partial charge in [-0.05, 0) is 50.2 Å². The summed E-state index contributed by atoms with van der Waals surface area (Å²) in [5.74, 6) is -10.9. The highest BCUT2D eigenvalue weighted by Crippen LogP contribution is 2.70. The summed E-state index contributed by atoms with van der Waals surface area (Å²) in [7, 11) is 0. The van der Waals surface area contributed by atoms with Crippen LogP contribution in [0.4, 0.5) is 0 Å². The van der Waals surface area contributed by atoms with Gasteiger partial charge in [0.25, 0.3) is 0 Å². The quantitative estimate of drug-likeness (QED) is 0.243. The first-order valence-electron chi connectivity index (χ1n) is 20.5. The zero-order valence-electron chi connectivity index (χ0n) is 36.0. The Bertz CT molecular complexity index is 2340. The molecule has 0 amide bonds. The summed E-state index contributed by atoms with van der Waals surface area (Å²) in [6.07, 6.45) is -8.80. The van der Waals surface area contributed by atoms with Crippen molar-refractivity contribution in [1.29, 1.82) is 0 Å². The number of carbonyl (C=O) groups excluding carboxylic acids is 7. The largest absolute Gasteiger partial charge is 0.465 e. The molecule has 3 aromatic rings. The maximum Gasteiger partial charge on any atom is 0.340 e. The van der Waals surface area contributed by atoms with Gasteiger partial charge >= 0.3 is 41.8 Å². The number of hydrogen-bond donors (Lipinski definition) is 2. The van der Waals surface area contributed by atoms with Crippen LogP contribution in [0.1, 0.15) is 91.2 Å². The summed E-state index contributed by atoms with van der Waals surface area (Å²) < 4.78 is 49.7. The van der Waals surface area contributed by atoms with Crippen LogP contribution in [-0.2, 0) is 57.1 Å². The number of pyridine rings is 2. The van der Waals surface area contributed by atoms with Crippen LogP contribution in [-0.4, -0.2) is 129 Å². The summed E-state index contributed by atoms with van der Waals surface area (Å²) in [4.78, 5) is 106. The number of aromatic nitrogens is 2. The Morgan fingerprint density at radius 3 is 2.06 bits per heavy atom. The zero-order valence-corrected chi connectivity index (χ0v) is 36.0. The van der Waals surface area contributed by atoms with E-state index in [1.807, 2.05) is 0 Å². The standard InChI is InChI=1S/C45H48N2O17/c1-22-23(2)38(52)62-35-32(51)36(63-40(54)28-15-11-17-46-19-28)44(21-57-24(3)48)37(60-26(5)50)33(59-25(4)49)30-34(61-39(53)27-13-9-8-10-14-27)45(44,43(35,7)56)64-42(30,6)20-58-41(55)29-16-12-18-47-31(22)29/h8-19,22-23,30,32-37,51,56H,20-21H2,1-7H3/t22-,23+,30-,32+,33-,34-,35+,36+,37-,42+,43+,44+,45+/m1/s1. The van der Waals surface area contributed by atoms with Gasteiger partial charge in [-0.2, -0.15) is 0 Å². The van der Waals surface area contributed by atoms with Gasteiger partial charge in [0, 0.05) is 45.3 Å². The van der Waals surface area contributed by atoms with Crippen LogP contribution < -0.4 is 0 Å². The third kappa shape index (κ3) is 7.34. The van der Waals surface area contributed by atoms with Crippen LogP contribution in [0.25, 0.3) is 0 Å². The van der Waals surface area contributed by atoms with E-state index in [-0.39, 0.29) is 22.4 Å². The van der Waals surface area contributed by atoms with E-state index in [2.05, 4.69) is 9.97 Å². The first-order valence-corrected chi connectivity index (χ1v) is 20.5. The predicted molar refractivity (Wildman–Crippen MR) is 214 cm³/mol. The molecule has 2 aliphatic heterocycles.